The van der Waals surface area contributed by atoms with Gasteiger partial charge in [0.1, 0.15) is 85.7 Å². The number of para-hydroxylation sites is 3. The quantitative estimate of drug-likeness (QED) is 0.0435. The van der Waals surface area contributed by atoms with E-state index < -0.39 is 17.7 Å². The van der Waals surface area contributed by atoms with E-state index in [2.05, 4.69) is 35.0 Å². The summed E-state index contributed by atoms with van der Waals surface area (Å²) in [5.74, 6) is 2.39. The Kier molecular flexibility index (Phi) is 21.2. The lowest BCUT2D eigenvalue weighted by Crippen LogP contribution is -2.40. The van der Waals surface area contributed by atoms with E-state index in [4.69, 9.17) is 48.6 Å². The van der Waals surface area contributed by atoms with E-state index in [1.165, 1.54) is 18.2 Å². The van der Waals surface area contributed by atoms with Crippen LogP contribution in [0.1, 0.15) is 87.7 Å². The Morgan fingerprint density at radius 2 is 0.594 bits per heavy atom. The van der Waals surface area contributed by atoms with Crippen molar-refractivity contribution in [3.8, 4) is 68.3 Å². The molecule has 0 aliphatic carbocycles. The fourth-order valence-electron chi connectivity index (χ4n) is 11.9. The Hall–Kier alpha value is -12.2. The van der Waals surface area contributed by atoms with Gasteiger partial charge in [0.2, 0.25) is 17.7 Å². The molecule has 0 bridgehead atoms. The van der Waals surface area contributed by atoms with Gasteiger partial charge in [0.15, 0.2) is 0 Å². The number of aromatic nitrogens is 6. The predicted molar refractivity (Wildman–Crippen MR) is 366 cm³/mol. The number of carbonyl (C=O) groups excluding carboxylic acids is 6. The van der Waals surface area contributed by atoms with Crippen LogP contribution in [0, 0.1) is 0 Å². The topological polar surface area (TPSA) is 349 Å². The van der Waals surface area contributed by atoms with Gasteiger partial charge in [-0.25, -0.2) is 14.0 Å². The van der Waals surface area contributed by atoms with Crippen molar-refractivity contribution in [1.82, 2.24) is 44.0 Å². The van der Waals surface area contributed by atoms with Crippen molar-refractivity contribution in [2.75, 3.05) is 56.5 Å². The summed E-state index contributed by atoms with van der Waals surface area (Å²) in [5, 5.41) is 13.9. The van der Waals surface area contributed by atoms with Gasteiger partial charge in [0.25, 0.3) is 17.7 Å². The first-order valence-electron chi connectivity index (χ1n) is 31.2. The smallest absolute Gasteiger partial charge is 0.254 e. The van der Waals surface area contributed by atoms with E-state index in [-0.39, 0.29) is 70.0 Å². The molecule has 2 unspecified atom stereocenters. The summed E-state index contributed by atoms with van der Waals surface area (Å²) >= 11 is 0. The molecule has 12 rings (SSSR count). The predicted octanol–water partition coefficient (Wildman–Crippen LogP) is 10.1. The largest absolute Gasteiger partial charge is 0.457 e. The number of piperidine rings is 3. The van der Waals surface area contributed by atoms with Crippen molar-refractivity contribution in [1.29, 1.82) is 0 Å². The number of rotatable bonds is 18. The highest BCUT2D eigenvalue weighted by atomic mass is 16.5. The van der Waals surface area contributed by atoms with Gasteiger partial charge in [0.05, 0.1) is 18.1 Å². The third-order valence-electron chi connectivity index (χ3n) is 16.6. The summed E-state index contributed by atoms with van der Waals surface area (Å²) in [6, 6.07) is 49.5. The van der Waals surface area contributed by atoms with Crippen LogP contribution in [0.2, 0.25) is 0 Å². The van der Waals surface area contributed by atoms with Crippen molar-refractivity contribution in [2.24, 2.45) is 17.2 Å². The van der Waals surface area contributed by atoms with Crippen molar-refractivity contribution < 1.29 is 43.0 Å². The lowest BCUT2D eigenvalue weighted by Gasteiger charge is -2.32. The molecule has 0 spiro atoms. The lowest BCUT2D eigenvalue weighted by atomic mass is 10.1. The summed E-state index contributed by atoms with van der Waals surface area (Å²) in [6.45, 7) is 14.0. The molecule has 3 atom stereocenters. The lowest BCUT2D eigenvalue weighted by molar-refractivity contribution is -0.128. The van der Waals surface area contributed by atoms with Gasteiger partial charge in [-0.05, 0) is 166 Å². The number of nitrogens with zero attached hydrogens (tertiary/aromatic N) is 9. The molecule has 24 heteroatoms. The maximum atomic E-state index is 12.2. The normalized spacial score (nSPS) is 15.9. The summed E-state index contributed by atoms with van der Waals surface area (Å²) < 4.78 is 22.3. The number of likely N-dealkylation sites (tertiary alicyclic amines) is 3. The Morgan fingerprint density at radius 1 is 0.365 bits per heavy atom. The summed E-state index contributed by atoms with van der Waals surface area (Å²) in [6.07, 6.45) is 8.66. The van der Waals surface area contributed by atoms with Crippen LogP contribution in [0.5, 0.6) is 34.5 Å². The zero-order chi connectivity index (χ0) is 68.0. The molecular weight excluding hydrogens is 1220 g/mol. The van der Waals surface area contributed by atoms with Gasteiger partial charge < -0.3 is 63.3 Å². The maximum absolute atomic E-state index is 12.2. The van der Waals surface area contributed by atoms with Crippen LogP contribution in [-0.2, 0) is 14.4 Å². The van der Waals surface area contributed by atoms with Crippen LogP contribution < -0.4 is 48.6 Å². The number of carbonyl (C=O) groups is 6. The summed E-state index contributed by atoms with van der Waals surface area (Å²) in [7, 11) is 0. The highest BCUT2D eigenvalue weighted by molar-refractivity contribution is 6.05. The van der Waals surface area contributed by atoms with Crippen LogP contribution in [0.4, 0.5) is 17.5 Å². The molecular formula is C72H75N15O9. The van der Waals surface area contributed by atoms with Gasteiger partial charge in [0, 0.05) is 56.0 Å². The standard InChI is InChI=1S/3C24H25N5O3/c3*1-2-20(30)28-14-6-7-17(15-28)29-23(25)21(24(26)31)22(27-29)16-10-12-19(13-11-16)32-18-8-4-3-5-9-18/h3*2-5,8-13,17H,1,6-7,14-15,25H2,(H2,26,31)/t17-;;/m1../s1. The number of nitrogens with two attached hydrogens (primary N) is 6. The fraction of sp³-hybridized carbons (Fsp3) is 0.208. The highest BCUT2D eigenvalue weighted by Crippen LogP contribution is 2.38. The molecule has 3 aliphatic heterocycles. The Balaban J connectivity index is 0.000000157. The zero-order valence-electron chi connectivity index (χ0n) is 52.8. The first kappa shape index (κ1) is 66.7. The van der Waals surface area contributed by atoms with E-state index >= 15 is 0 Å². The minimum absolute atomic E-state index is 0.134. The van der Waals surface area contributed by atoms with Crippen molar-refractivity contribution in [3.05, 3.63) is 218 Å². The second-order valence-electron chi connectivity index (χ2n) is 22.9. The van der Waals surface area contributed by atoms with Gasteiger partial charge >= 0.3 is 0 Å². The van der Waals surface area contributed by atoms with E-state index in [9.17, 15) is 28.8 Å². The molecule has 6 amide bonds. The molecule has 3 fully saturated rings. The van der Waals surface area contributed by atoms with Crippen LogP contribution in [0.25, 0.3) is 33.8 Å². The number of primary amides is 3. The molecule has 9 aromatic rings. The van der Waals surface area contributed by atoms with Gasteiger partial charge in [-0.1, -0.05) is 74.3 Å². The minimum atomic E-state index is -0.650. The molecule has 6 aromatic carbocycles. The molecule has 3 aromatic heterocycles. The van der Waals surface area contributed by atoms with E-state index in [0.717, 1.165) is 55.8 Å². The molecule has 24 nitrogen and oxygen atoms in total. The van der Waals surface area contributed by atoms with Gasteiger partial charge in [-0.3, -0.25) is 28.8 Å². The Labute approximate surface area is 554 Å². The molecule has 492 valence electrons. The third-order valence-corrected chi connectivity index (χ3v) is 16.6. The first-order valence-corrected chi connectivity index (χ1v) is 31.2. The summed E-state index contributed by atoms with van der Waals surface area (Å²) in [4.78, 5) is 78.0. The molecule has 0 radical (unpaired) electrons. The molecule has 3 aliphatic rings. The Bertz CT molecular complexity index is 3850. The van der Waals surface area contributed by atoms with Crippen molar-refractivity contribution in [2.45, 2.75) is 56.7 Å². The molecule has 12 N–H and O–H groups in total. The van der Waals surface area contributed by atoms with Crippen LogP contribution in [0.3, 0.4) is 0 Å². The van der Waals surface area contributed by atoms with E-state index in [1.54, 1.807) is 65.1 Å². The second-order valence-corrected chi connectivity index (χ2v) is 22.9. The Morgan fingerprint density at radius 3 is 0.812 bits per heavy atom. The highest BCUT2D eigenvalue weighted by Gasteiger charge is 2.33. The zero-order valence-corrected chi connectivity index (χ0v) is 52.8. The summed E-state index contributed by atoms with van der Waals surface area (Å²) in [5.41, 5.74) is 39.7. The van der Waals surface area contributed by atoms with E-state index in [0.29, 0.717) is 90.3 Å². The number of ether oxygens (including phenoxy) is 3. The molecule has 6 heterocycles. The number of benzene rings is 6. The number of amides is 6. The van der Waals surface area contributed by atoms with Crippen LogP contribution in [0.15, 0.2) is 202 Å². The monoisotopic (exact) mass is 1290 g/mol. The SMILES string of the molecule is C=CC(=O)N1CCCC(n2nc(-c3ccc(Oc4ccccc4)cc3)c(C(N)=O)c2N)C1.C=CC(=O)N1CCCC(n2nc(-c3ccc(Oc4ccccc4)cc3)c(C(N)=O)c2N)C1.C=CC(=O)N1CCC[C@@H](n2nc(-c3ccc(Oc4ccccc4)cc3)c(C(N)=O)c2N)C1. The van der Waals surface area contributed by atoms with Crippen molar-refractivity contribution >= 4 is 52.9 Å². The maximum Gasteiger partial charge on any atom is 0.254 e. The molecule has 3 saturated heterocycles. The second kappa shape index (κ2) is 30.5. The first-order chi connectivity index (χ1) is 46.4. The molecule has 0 saturated carbocycles. The third kappa shape index (κ3) is 15.5. The minimum Gasteiger partial charge on any atom is -0.457 e. The van der Waals surface area contributed by atoms with Crippen LogP contribution >= 0.6 is 0 Å². The van der Waals surface area contributed by atoms with Crippen LogP contribution in [-0.4, -0.2) is 119 Å². The fourth-order valence-corrected chi connectivity index (χ4v) is 11.9. The average Bonchev–Trinajstić information content (AvgIpc) is 1.66. The van der Waals surface area contributed by atoms with E-state index in [1.807, 2.05) is 127 Å². The van der Waals surface area contributed by atoms with Crippen molar-refractivity contribution in [3.63, 3.8) is 0 Å². The van der Waals surface area contributed by atoms with Gasteiger partial charge in [-0.2, -0.15) is 15.3 Å². The van der Waals surface area contributed by atoms with Gasteiger partial charge in [-0.15, -0.1) is 0 Å². The average molecular weight is 1290 g/mol. The number of anilines is 3. The number of hydrogen-bond acceptors (Lipinski definition) is 15. The number of hydrogen-bond donors (Lipinski definition) is 6. The molecule has 96 heavy (non-hydrogen) atoms. The number of nitrogen functional groups attached to an aromatic ring is 3.